The van der Waals surface area contributed by atoms with Gasteiger partial charge in [0.1, 0.15) is 17.4 Å². The minimum Gasteiger partial charge on any atom is -0.494 e. The van der Waals surface area contributed by atoms with E-state index in [1.54, 1.807) is 37.6 Å². The first-order chi connectivity index (χ1) is 16.0. The third-order valence-corrected chi connectivity index (χ3v) is 5.93. The Hall–Kier alpha value is -3.94. The molecule has 2 aromatic carbocycles. The average molecular weight is 446 g/mol. The number of nitrogens with zero attached hydrogens (tertiary/aromatic N) is 3. The number of carbonyl (C=O) groups excluding carboxylic acids is 1. The number of nitrogens with one attached hydrogen (secondary N) is 1. The Balaban J connectivity index is 1.49. The summed E-state index contributed by atoms with van der Waals surface area (Å²) in [5.41, 5.74) is 3.73. The lowest BCUT2D eigenvalue weighted by atomic mass is 10.0. The van der Waals surface area contributed by atoms with E-state index in [4.69, 9.17) is 9.15 Å². The summed E-state index contributed by atoms with van der Waals surface area (Å²) in [6, 6.07) is 11.4. The van der Waals surface area contributed by atoms with Crippen LogP contribution in [0.15, 0.2) is 53.1 Å². The Bertz CT molecular complexity index is 1330. The maximum Gasteiger partial charge on any atom is 0.302 e. The molecule has 1 saturated heterocycles. The van der Waals surface area contributed by atoms with Crippen LogP contribution in [0.1, 0.15) is 28.8 Å². The van der Waals surface area contributed by atoms with Crippen LogP contribution in [-0.2, 0) is 0 Å². The van der Waals surface area contributed by atoms with E-state index in [1.165, 1.54) is 12.1 Å². The van der Waals surface area contributed by atoms with Crippen LogP contribution in [0, 0.1) is 12.7 Å². The van der Waals surface area contributed by atoms with Crippen LogP contribution < -0.4 is 15.0 Å². The summed E-state index contributed by atoms with van der Waals surface area (Å²) < 4.78 is 24.8. The van der Waals surface area contributed by atoms with Gasteiger partial charge in [-0.2, -0.15) is 4.98 Å². The third kappa shape index (κ3) is 3.88. The van der Waals surface area contributed by atoms with Crippen molar-refractivity contribution in [2.24, 2.45) is 0 Å². The first kappa shape index (κ1) is 20.9. The summed E-state index contributed by atoms with van der Waals surface area (Å²) in [7, 11) is 1.54. The monoisotopic (exact) mass is 446 g/mol. The van der Waals surface area contributed by atoms with Gasteiger partial charge in [0.05, 0.1) is 7.11 Å². The second-order valence-corrected chi connectivity index (χ2v) is 7.97. The highest BCUT2D eigenvalue weighted by atomic mass is 19.1. The molecule has 1 amide bonds. The lowest BCUT2D eigenvalue weighted by molar-refractivity contribution is 0.102. The minimum atomic E-state index is -0.329. The molecule has 0 bridgehead atoms. The zero-order chi connectivity index (χ0) is 22.9. The fraction of sp³-hybridized carbons (Fsp3) is 0.240. The SMILES string of the molecule is COc1ccc(-c2ccc(F)cc2)c2oc(NC(=O)c3ccnc(N4CCCC4)c3C)nc12. The molecule has 1 aliphatic heterocycles. The summed E-state index contributed by atoms with van der Waals surface area (Å²) >= 11 is 0. The van der Waals surface area contributed by atoms with E-state index in [1.807, 2.05) is 13.0 Å². The Labute approximate surface area is 190 Å². The highest BCUT2D eigenvalue weighted by Crippen LogP contribution is 2.36. The molecule has 0 spiro atoms. The Morgan fingerprint density at radius 1 is 1.12 bits per heavy atom. The van der Waals surface area contributed by atoms with E-state index < -0.39 is 0 Å². The van der Waals surface area contributed by atoms with Crippen LogP contribution in [0.5, 0.6) is 5.75 Å². The molecular formula is C25H23FN4O3. The molecule has 0 atom stereocenters. The fourth-order valence-corrected chi connectivity index (χ4v) is 4.24. The van der Waals surface area contributed by atoms with Gasteiger partial charge in [0.25, 0.3) is 5.91 Å². The quantitative estimate of drug-likeness (QED) is 0.454. The molecule has 168 valence electrons. The molecule has 0 aliphatic carbocycles. The number of amides is 1. The summed E-state index contributed by atoms with van der Waals surface area (Å²) in [5.74, 6) is 0.689. The maximum atomic E-state index is 13.4. The van der Waals surface area contributed by atoms with Gasteiger partial charge in [-0.25, -0.2) is 9.37 Å². The van der Waals surface area contributed by atoms with Gasteiger partial charge in [-0.1, -0.05) is 12.1 Å². The number of ether oxygens (including phenoxy) is 1. The number of methoxy groups -OCH3 is 1. The molecule has 4 aromatic rings. The van der Waals surface area contributed by atoms with Gasteiger partial charge in [0.15, 0.2) is 11.1 Å². The molecule has 2 aromatic heterocycles. The van der Waals surface area contributed by atoms with Crippen molar-refractivity contribution < 1.29 is 18.3 Å². The predicted octanol–water partition coefficient (Wildman–Crippen LogP) is 5.20. The molecule has 1 fully saturated rings. The number of hydrogen-bond donors (Lipinski definition) is 1. The zero-order valence-electron chi connectivity index (χ0n) is 18.4. The van der Waals surface area contributed by atoms with Crippen LogP contribution >= 0.6 is 0 Å². The van der Waals surface area contributed by atoms with Crippen molar-refractivity contribution in [2.45, 2.75) is 19.8 Å². The van der Waals surface area contributed by atoms with Crippen molar-refractivity contribution in [3.05, 3.63) is 65.6 Å². The third-order valence-electron chi connectivity index (χ3n) is 5.93. The molecule has 0 saturated carbocycles. The van der Waals surface area contributed by atoms with Crippen LogP contribution in [0.4, 0.5) is 16.2 Å². The lowest BCUT2D eigenvalue weighted by Crippen LogP contribution is -2.22. The molecule has 0 unspecified atom stereocenters. The average Bonchev–Trinajstić information content (AvgIpc) is 3.49. The number of fused-ring (bicyclic) bond motifs is 1. The number of carbonyl (C=O) groups is 1. The summed E-state index contributed by atoms with van der Waals surface area (Å²) in [5, 5.41) is 2.77. The molecule has 7 nitrogen and oxygen atoms in total. The Kier molecular flexibility index (Phi) is 5.42. The summed E-state index contributed by atoms with van der Waals surface area (Å²) in [4.78, 5) is 24.2. The van der Waals surface area contributed by atoms with E-state index in [2.05, 4.69) is 20.2 Å². The molecule has 1 N–H and O–H groups in total. The van der Waals surface area contributed by atoms with E-state index in [-0.39, 0.29) is 17.7 Å². The van der Waals surface area contributed by atoms with Crippen LogP contribution in [0.3, 0.4) is 0 Å². The van der Waals surface area contributed by atoms with Crippen molar-refractivity contribution >= 4 is 28.8 Å². The van der Waals surface area contributed by atoms with Crippen molar-refractivity contribution in [3.63, 3.8) is 0 Å². The predicted molar refractivity (Wildman–Crippen MR) is 124 cm³/mol. The Morgan fingerprint density at radius 2 is 1.88 bits per heavy atom. The van der Waals surface area contributed by atoms with Crippen LogP contribution in [-0.4, -0.2) is 36.1 Å². The second kappa shape index (κ2) is 8.54. The molecule has 1 aliphatic rings. The second-order valence-electron chi connectivity index (χ2n) is 7.97. The number of aromatic nitrogens is 2. The van der Waals surface area contributed by atoms with Crippen molar-refractivity contribution in [1.29, 1.82) is 0 Å². The smallest absolute Gasteiger partial charge is 0.302 e. The van der Waals surface area contributed by atoms with Gasteiger partial charge in [-0.05, 0) is 55.7 Å². The number of halogens is 1. The fourth-order valence-electron chi connectivity index (χ4n) is 4.24. The van der Waals surface area contributed by atoms with Crippen LogP contribution in [0.25, 0.3) is 22.2 Å². The van der Waals surface area contributed by atoms with E-state index in [0.29, 0.717) is 22.4 Å². The number of anilines is 2. The standard InChI is InChI=1S/C25H23FN4O3/c1-15-18(11-12-27-23(15)30-13-3-4-14-30)24(31)29-25-28-21-20(32-2)10-9-19(22(21)33-25)16-5-7-17(26)8-6-16/h5-12H,3-4,13-14H2,1-2H3,(H,28,29,31). The largest absolute Gasteiger partial charge is 0.494 e. The normalized spacial score (nSPS) is 13.5. The van der Waals surface area contributed by atoms with Crippen LogP contribution in [0.2, 0.25) is 0 Å². The summed E-state index contributed by atoms with van der Waals surface area (Å²) in [6.45, 7) is 3.78. The van der Waals surface area contributed by atoms with Gasteiger partial charge >= 0.3 is 6.01 Å². The molecule has 8 heteroatoms. The van der Waals surface area contributed by atoms with Gasteiger partial charge in [-0.15, -0.1) is 0 Å². The van der Waals surface area contributed by atoms with Gasteiger partial charge in [-0.3, -0.25) is 10.1 Å². The number of benzene rings is 2. The number of oxazole rings is 1. The minimum absolute atomic E-state index is 0.0572. The topological polar surface area (TPSA) is 80.5 Å². The van der Waals surface area contributed by atoms with Gasteiger partial charge < -0.3 is 14.1 Å². The number of hydrogen-bond acceptors (Lipinski definition) is 6. The number of rotatable bonds is 5. The first-order valence-electron chi connectivity index (χ1n) is 10.8. The zero-order valence-corrected chi connectivity index (χ0v) is 18.4. The number of pyridine rings is 1. The molecule has 33 heavy (non-hydrogen) atoms. The van der Waals surface area contributed by atoms with Gasteiger partial charge in [0.2, 0.25) is 0 Å². The molecule has 5 rings (SSSR count). The van der Waals surface area contributed by atoms with Crippen molar-refractivity contribution in [2.75, 3.05) is 30.4 Å². The van der Waals surface area contributed by atoms with Crippen molar-refractivity contribution in [1.82, 2.24) is 9.97 Å². The molecular weight excluding hydrogens is 423 g/mol. The van der Waals surface area contributed by atoms with E-state index in [0.717, 1.165) is 48.4 Å². The first-order valence-corrected chi connectivity index (χ1v) is 10.8. The maximum absolute atomic E-state index is 13.4. The molecule has 3 heterocycles. The lowest BCUT2D eigenvalue weighted by Gasteiger charge is -2.19. The van der Waals surface area contributed by atoms with Gasteiger partial charge in [0, 0.05) is 36.0 Å². The van der Waals surface area contributed by atoms with Crippen molar-refractivity contribution in [3.8, 4) is 16.9 Å². The summed E-state index contributed by atoms with van der Waals surface area (Å²) in [6.07, 6.45) is 3.90. The molecule has 0 radical (unpaired) electrons. The van der Waals surface area contributed by atoms with E-state index in [9.17, 15) is 9.18 Å². The van der Waals surface area contributed by atoms with E-state index >= 15 is 0 Å². The highest BCUT2D eigenvalue weighted by Gasteiger charge is 2.22. The Morgan fingerprint density at radius 3 is 2.61 bits per heavy atom. The highest BCUT2D eigenvalue weighted by molar-refractivity contribution is 6.05.